The minimum absolute atomic E-state index is 0.188. The van der Waals surface area contributed by atoms with Crippen molar-refractivity contribution in [1.29, 1.82) is 0 Å². The molecule has 0 spiro atoms. The van der Waals surface area contributed by atoms with Gasteiger partial charge in [-0.2, -0.15) is 0 Å². The van der Waals surface area contributed by atoms with Crippen molar-refractivity contribution in [3.05, 3.63) is 22.3 Å². The van der Waals surface area contributed by atoms with E-state index in [1.165, 1.54) is 0 Å². The number of hydrogen-bond acceptors (Lipinski definition) is 4. The molecule has 0 unspecified atom stereocenters. The number of aliphatic carboxylic acids is 1. The molecule has 0 aromatic heterocycles. The maximum atomic E-state index is 11.8. The van der Waals surface area contributed by atoms with Crippen molar-refractivity contribution in [2.75, 3.05) is 13.2 Å². The Labute approximate surface area is 103 Å². The first-order chi connectivity index (χ1) is 8.61. The molecule has 94 valence electrons. The maximum Gasteiger partial charge on any atom is 0.377 e. The van der Waals surface area contributed by atoms with E-state index in [4.69, 9.17) is 14.6 Å². The quantitative estimate of drug-likeness (QED) is 0.627. The fraction of sp³-hybridized carbons (Fsp3) is 0.385. The summed E-state index contributed by atoms with van der Waals surface area (Å²) in [6.45, 7) is 2.89. The minimum Gasteiger partial charge on any atom is -0.493 e. The average Bonchev–Trinajstić information content (AvgIpc) is 2.96. The number of carboxylic acids is 1. The predicted octanol–water partition coefficient (Wildman–Crippen LogP) is 1.13. The van der Waals surface area contributed by atoms with Gasteiger partial charge in [-0.05, 0) is 12.5 Å². The summed E-state index contributed by atoms with van der Waals surface area (Å²) in [6.07, 6.45) is 1.25. The Hall–Kier alpha value is -2.04. The molecule has 0 amide bonds. The molecule has 0 aliphatic carbocycles. The highest BCUT2D eigenvalue weighted by Gasteiger charge is 2.34. The van der Waals surface area contributed by atoms with E-state index >= 15 is 0 Å². The van der Waals surface area contributed by atoms with Crippen molar-refractivity contribution in [2.24, 2.45) is 0 Å². The summed E-state index contributed by atoms with van der Waals surface area (Å²) in [5, 5.41) is 8.92. The molecule has 1 N–H and O–H groups in total. The normalized spacial score (nSPS) is 15.6. The van der Waals surface area contributed by atoms with Gasteiger partial charge in [-0.15, -0.1) is 0 Å². The minimum atomic E-state index is -1.45. The SMILES string of the molecule is Cc1c2c(c(C(=O)C(=O)O)c3c1OCC3)OCC2. The van der Waals surface area contributed by atoms with Crippen LogP contribution in [0.4, 0.5) is 0 Å². The molecule has 0 atom stereocenters. The summed E-state index contributed by atoms with van der Waals surface area (Å²) in [5.41, 5.74) is 2.74. The molecule has 2 aliphatic heterocycles. The van der Waals surface area contributed by atoms with Gasteiger partial charge in [-0.25, -0.2) is 4.79 Å². The molecule has 1 aromatic rings. The van der Waals surface area contributed by atoms with E-state index < -0.39 is 11.8 Å². The molecular weight excluding hydrogens is 236 g/mol. The topological polar surface area (TPSA) is 72.8 Å². The lowest BCUT2D eigenvalue weighted by Gasteiger charge is -2.13. The first-order valence-electron chi connectivity index (χ1n) is 5.82. The van der Waals surface area contributed by atoms with Gasteiger partial charge in [0.2, 0.25) is 0 Å². The standard InChI is InChI=1S/C13H12O5/c1-6-7-2-4-18-12(7)9(10(14)13(15)16)8-3-5-17-11(6)8/h2-5H2,1H3,(H,15,16). The molecule has 0 fully saturated rings. The molecule has 1 aromatic carbocycles. The second-order valence-electron chi connectivity index (χ2n) is 4.45. The number of fused-ring (bicyclic) bond motifs is 2. The van der Waals surface area contributed by atoms with Gasteiger partial charge < -0.3 is 14.6 Å². The first-order valence-corrected chi connectivity index (χ1v) is 5.82. The van der Waals surface area contributed by atoms with Crippen LogP contribution in [0.15, 0.2) is 0 Å². The molecule has 0 radical (unpaired) electrons. The fourth-order valence-corrected chi connectivity index (χ4v) is 2.69. The largest absolute Gasteiger partial charge is 0.493 e. The van der Waals surface area contributed by atoms with Gasteiger partial charge >= 0.3 is 5.97 Å². The summed E-state index contributed by atoms with van der Waals surface area (Å²) in [5.74, 6) is -1.24. The van der Waals surface area contributed by atoms with Crippen molar-refractivity contribution in [2.45, 2.75) is 19.8 Å². The number of carbonyl (C=O) groups excluding carboxylic acids is 1. The van der Waals surface area contributed by atoms with Crippen molar-refractivity contribution in [3.8, 4) is 11.5 Å². The molecular formula is C13H12O5. The van der Waals surface area contributed by atoms with Crippen molar-refractivity contribution in [3.63, 3.8) is 0 Å². The van der Waals surface area contributed by atoms with Crippen LogP contribution in [-0.4, -0.2) is 30.1 Å². The number of rotatable bonds is 2. The highest BCUT2D eigenvalue weighted by Crippen LogP contribution is 2.44. The van der Waals surface area contributed by atoms with Gasteiger partial charge in [-0.3, -0.25) is 4.79 Å². The third kappa shape index (κ3) is 1.33. The van der Waals surface area contributed by atoms with Crippen molar-refractivity contribution >= 4 is 11.8 Å². The van der Waals surface area contributed by atoms with Crippen molar-refractivity contribution < 1.29 is 24.2 Å². The Kier molecular flexibility index (Phi) is 2.29. The molecule has 5 heteroatoms. The lowest BCUT2D eigenvalue weighted by molar-refractivity contribution is -0.131. The monoisotopic (exact) mass is 248 g/mol. The van der Waals surface area contributed by atoms with Crippen LogP contribution in [0, 0.1) is 6.92 Å². The maximum absolute atomic E-state index is 11.8. The highest BCUT2D eigenvalue weighted by atomic mass is 16.5. The van der Waals surface area contributed by atoms with E-state index in [9.17, 15) is 9.59 Å². The number of benzene rings is 1. The van der Waals surface area contributed by atoms with Gasteiger partial charge in [0.1, 0.15) is 11.5 Å². The number of Topliss-reactive ketones (excluding diaryl/α,β-unsaturated/α-hetero) is 1. The fourth-order valence-electron chi connectivity index (χ4n) is 2.69. The number of ether oxygens (including phenoxy) is 2. The number of ketones is 1. The van der Waals surface area contributed by atoms with E-state index in [-0.39, 0.29) is 5.56 Å². The Bertz CT molecular complexity index is 538. The number of carbonyl (C=O) groups is 2. The van der Waals surface area contributed by atoms with Crippen LogP contribution in [0.5, 0.6) is 11.5 Å². The van der Waals surface area contributed by atoms with Crippen LogP contribution in [0.3, 0.4) is 0 Å². The van der Waals surface area contributed by atoms with E-state index in [2.05, 4.69) is 0 Å². The second-order valence-corrected chi connectivity index (χ2v) is 4.45. The molecule has 0 bridgehead atoms. The van der Waals surface area contributed by atoms with Gasteiger partial charge in [0.05, 0.1) is 18.8 Å². The summed E-state index contributed by atoms with van der Waals surface area (Å²) in [6, 6.07) is 0. The molecule has 0 saturated heterocycles. The third-order valence-electron chi connectivity index (χ3n) is 3.49. The Balaban J connectivity index is 2.31. The second kappa shape index (κ2) is 3.73. The molecule has 2 heterocycles. The van der Waals surface area contributed by atoms with Crippen LogP contribution in [0.25, 0.3) is 0 Å². The number of carboxylic acid groups (broad SMARTS) is 1. The van der Waals surface area contributed by atoms with Gasteiger partial charge in [0.25, 0.3) is 5.78 Å². The summed E-state index contributed by atoms with van der Waals surface area (Å²) in [4.78, 5) is 22.8. The molecule has 0 saturated carbocycles. The summed E-state index contributed by atoms with van der Waals surface area (Å²) < 4.78 is 11.0. The van der Waals surface area contributed by atoms with Crippen LogP contribution in [0.2, 0.25) is 0 Å². The Morgan fingerprint density at radius 1 is 1.06 bits per heavy atom. The summed E-state index contributed by atoms with van der Waals surface area (Å²) in [7, 11) is 0. The molecule has 5 nitrogen and oxygen atoms in total. The van der Waals surface area contributed by atoms with Gasteiger partial charge in [0.15, 0.2) is 0 Å². The van der Waals surface area contributed by atoms with Gasteiger partial charge in [-0.1, -0.05) is 0 Å². The zero-order valence-corrected chi connectivity index (χ0v) is 9.91. The van der Waals surface area contributed by atoms with Crippen LogP contribution >= 0.6 is 0 Å². The molecule has 3 rings (SSSR count). The number of hydrogen-bond donors (Lipinski definition) is 1. The van der Waals surface area contributed by atoms with E-state index in [0.29, 0.717) is 43.1 Å². The smallest absolute Gasteiger partial charge is 0.377 e. The van der Waals surface area contributed by atoms with Crippen LogP contribution in [0.1, 0.15) is 27.0 Å². The Morgan fingerprint density at radius 2 is 1.67 bits per heavy atom. The third-order valence-corrected chi connectivity index (χ3v) is 3.49. The first kappa shape index (κ1) is 11.1. The van der Waals surface area contributed by atoms with E-state index in [1.807, 2.05) is 6.92 Å². The summed E-state index contributed by atoms with van der Waals surface area (Å²) >= 11 is 0. The molecule has 18 heavy (non-hydrogen) atoms. The average molecular weight is 248 g/mol. The Morgan fingerprint density at radius 3 is 2.33 bits per heavy atom. The zero-order chi connectivity index (χ0) is 12.9. The predicted molar refractivity (Wildman–Crippen MR) is 61.5 cm³/mol. The van der Waals surface area contributed by atoms with E-state index in [0.717, 1.165) is 11.1 Å². The van der Waals surface area contributed by atoms with Gasteiger partial charge in [0, 0.05) is 24.0 Å². The molecule has 2 aliphatic rings. The van der Waals surface area contributed by atoms with Crippen LogP contribution < -0.4 is 9.47 Å². The highest BCUT2D eigenvalue weighted by molar-refractivity contribution is 6.41. The van der Waals surface area contributed by atoms with E-state index in [1.54, 1.807) is 0 Å². The van der Waals surface area contributed by atoms with Crippen LogP contribution in [-0.2, 0) is 17.6 Å². The lowest BCUT2D eigenvalue weighted by Crippen LogP contribution is -2.16. The zero-order valence-electron chi connectivity index (χ0n) is 9.91. The lowest BCUT2D eigenvalue weighted by atomic mass is 9.93. The van der Waals surface area contributed by atoms with Crippen molar-refractivity contribution in [1.82, 2.24) is 0 Å².